The molecule has 3 aromatic rings. The first-order valence-corrected chi connectivity index (χ1v) is 9.53. The number of rotatable bonds is 4. The maximum atomic E-state index is 12.6. The van der Waals surface area contributed by atoms with Gasteiger partial charge in [-0.05, 0) is 42.7 Å². The van der Waals surface area contributed by atoms with Gasteiger partial charge in [0.1, 0.15) is 5.52 Å². The topological polar surface area (TPSA) is 76.8 Å². The van der Waals surface area contributed by atoms with Crippen molar-refractivity contribution in [3.63, 3.8) is 0 Å². The average molecular weight is 379 g/mol. The quantitative estimate of drug-likeness (QED) is 0.751. The second-order valence-corrected chi connectivity index (χ2v) is 7.13. The Labute approximate surface area is 162 Å². The number of oxazole rings is 1. The van der Waals surface area contributed by atoms with Crippen LogP contribution in [0.1, 0.15) is 18.4 Å². The summed E-state index contributed by atoms with van der Waals surface area (Å²) in [5.41, 5.74) is 2.66. The van der Waals surface area contributed by atoms with Crippen molar-refractivity contribution in [1.29, 1.82) is 0 Å². The predicted octanol–water partition coefficient (Wildman–Crippen LogP) is 3.09. The molecule has 0 aliphatic carbocycles. The van der Waals surface area contributed by atoms with E-state index in [1.54, 1.807) is 0 Å². The Morgan fingerprint density at radius 2 is 1.93 bits per heavy atom. The summed E-state index contributed by atoms with van der Waals surface area (Å²) >= 11 is 0. The van der Waals surface area contributed by atoms with Crippen LogP contribution >= 0.6 is 0 Å². The summed E-state index contributed by atoms with van der Waals surface area (Å²) in [6.45, 7) is 2.26. The number of aromatic nitrogens is 1. The van der Waals surface area contributed by atoms with E-state index in [-0.39, 0.29) is 18.6 Å². The van der Waals surface area contributed by atoms with Crippen LogP contribution < -0.4 is 19.7 Å². The second-order valence-electron chi connectivity index (χ2n) is 7.13. The fourth-order valence-corrected chi connectivity index (χ4v) is 3.71. The van der Waals surface area contributed by atoms with Crippen molar-refractivity contribution < 1.29 is 18.7 Å². The molecule has 0 bridgehead atoms. The summed E-state index contributed by atoms with van der Waals surface area (Å²) in [7, 11) is 0. The van der Waals surface area contributed by atoms with Crippen LogP contribution in [0.3, 0.4) is 0 Å². The molecule has 0 radical (unpaired) electrons. The van der Waals surface area contributed by atoms with E-state index in [0.29, 0.717) is 12.6 Å². The summed E-state index contributed by atoms with van der Waals surface area (Å²) in [6.07, 6.45) is 1.57. The third-order valence-electron chi connectivity index (χ3n) is 5.32. The molecule has 7 nitrogen and oxygen atoms in total. The van der Waals surface area contributed by atoms with Crippen molar-refractivity contribution >= 4 is 23.0 Å². The van der Waals surface area contributed by atoms with E-state index in [4.69, 9.17) is 13.9 Å². The number of hydrogen-bond acceptors (Lipinski definition) is 6. The lowest BCUT2D eigenvalue weighted by Gasteiger charge is -2.30. The van der Waals surface area contributed by atoms with Crippen LogP contribution in [0.5, 0.6) is 11.5 Å². The van der Waals surface area contributed by atoms with Crippen molar-refractivity contribution in [2.75, 3.05) is 24.8 Å². The lowest BCUT2D eigenvalue weighted by molar-refractivity contribution is -0.125. The van der Waals surface area contributed by atoms with Crippen LogP contribution in [0.25, 0.3) is 11.1 Å². The minimum absolute atomic E-state index is 0.00892. The van der Waals surface area contributed by atoms with E-state index >= 15 is 0 Å². The van der Waals surface area contributed by atoms with Crippen LogP contribution in [0.4, 0.5) is 6.01 Å². The van der Waals surface area contributed by atoms with Gasteiger partial charge in [0, 0.05) is 25.6 Å². The highest BCUT2D eigenvalue weighted by Crippen LogP contribution is 2.32. The van der Waals surface area contributed by atoms with E-state index in [2.05, 4.69) is 15.2 Å². The first kappa shape index (κ1) is 16.9. The molecule has 1 N–H and O–H groups in total. The molecular formula is C21H21N3O4. The molecule has 1 aromatic heterocycles. The average Bonchev–Trinajstić information content (AvgIpc) is 3.38. The maximum Gasteiger partial charge on any atom is 0.298 e. The Bertz CT molecular complexity index is 975. The Hall–Kier alpha value is -3.22. The maximum absolute atomic E-state index is 12.6. The molecule has 0 unspecified atom stereocenters. The van der Waals surface area contributed by atoms with E-state index in [0.717, 1.165) is 54.1 Å². The van der Waals surface area contributed by atoms with Crippen LogP contribution in [0, 0.1) is 5.92 Å². The van der Waals surface area contributed by atoms with Crippen LogP contribution in [-0.4, -0.2) is 30.8 Å². The van der Waals surface area contributed by atoms with Gasteiger partial charge in [-0.2, -0.15) is 4.98 Å². The van der Waals surface area contributed by atoms with Crippen molar-refractivity contribution in [1.82, 2.24) is 10.3 Å². The number of nitrogens with one attached hydrogen (secondary N) is 1. The number of nitrogens with zero attached hydrogens (tertiary/aromatic N) is 2. The van der Waals surface area contributed by atoms with E-state index < -0.39 is 0 Å². The van der Waals surface area contributed by atoms with Gasteiger partial charge in [-0.1, -0.05) is 18.2 Å². The number of hydrogen-bond donors (Lipinski definition) is 1. The fraction of sp³-hybridized carbons (Fsp3) is 0.333. The number of anilines is 1. The molecule has 28 heavy (non-hydrogen) atoms. The molecule has 0 atom stereocenters. The first-order valence-electron chi connectivity index (χ1n) is 9.53. The van der Waals surface area contributed by atoms with Crippen LogP contribution in [-0.2, 0) is 11.3 Å². The zero-order valence-corrected chi connectivity index (χ0v) is 15.4. The van der Waals surface area contributed by atoms with Gasteiger partial charge in [0.25, 0.3) is 6.01 Å². The normalized spacial score (nSPS) is 16.5. The van der Waals surface area contributed by atoms with Gasteiger partial charge < -0.3 is 24.1 Å². The minimum atomic E-state index is 0.00892. The predicted molar refractivity (Wildman–Crippen MR) is 103 cm³/mol. The number of para-hydroxylation sites is 2. The van der Waals surface area contributed by atoms with Crippen molar-refractivity contribution in [3.8, 4) is 11.5 Å². The molecular weight excluding hydrogens is 358 g/mol. The lowest BCUT2D eigenvalue weighted by atomic mass is 9.96. The number of fused-ring (bicyclic) bond motifs is 2. The number of carbonyl (C=O) groups is 1. The number of piperidine rings is 1. The highest BCUT2D eigenvalue weighted by molar-refractivity contribution is 5.79. The summed E-state index contributed by atoms with van der Waals surface area (Å²) in [4.78, 5) is 19.2. The summed E-state index contributed by atoms with van der Waals surface area (Å²) < 4.78 is 16.5. The molecule has 1 amide bonds. The molecule has 2 aliphatic rings. The Kier molecular flexibility index (Phi) is 4.27. The Morgan fingerprint density at radius 1 is 1.11 bits per heavy atom. The zero-order chi connectivity index (χ0) is 18.9. The number of benzene rings is 2. The van der Waals surface area contributed by atoms with Crippen molar-refractivity contribution in [3.05, 3.63) is 48.0 Å². The van der Waals surface area contributed by atoms with Crippen LogP contribution in [0.2, 0.25) is 0 Å². The van der Waals surface area contributed by atoms with Gasteiger partial charge in [-0.25, -0.2) is 0 Å². The molecule has 0 spiro atoms. The number of carbonyl (C=O) groups excluding carboxylic acids is 1. The van der Waals surface area contributed by atoms with Gasteiger partial charge in [0.2, 0.25) is 12.7 Å². The van der Waals surface area contributed by atoms with Gasteiger partial charge in [-0.15, -0.1) is 0 Å². The highest BCUT2D eigenvalue weighted by atomic mass is 16.7. The molecule has 144 valence electrons. The lowest BCUT2D eigenvalue weighted by Crippen LogP contribution is -2.40. The minimum Gasteiger partial charge on any atom is -0.454 e. The molecule has 1 fully saturated rings. The molecule has 2 aromatic carbocycles. The molecule has 2 aliphatic heterocycles. The smallest absolute Gasteiger partial charge is 0.298 e. The Morgan fingerprint density at radius 3 is 2.79 bits per heavy atom. The highest BCUT2D eigenvalue weighted by Gasteiger charge is 2.27. The van der Waals surface area contributed by atoms with E-state index in [1.165, 1.54) is 0 Å². The fourth-order valence-electron chi connectivity index (χ4n) is 3.71. The number of ether oxygens (including phenoxy) is 2. The molecule has 7 heteroatoms. The third-order valence-corrected chi connectivity index (χ3v) is 5.32. The van der Waals surface area contributed by atoms with Crippen molar-refractivity contribution in [2.45, 2.75) is 19.4 Å². The van der Waals surface area contributed by atoms with Gasteiger partial charge >= 0.3 is 0 Å². The van der Waals surface area contributed by atoms with E-state index in [9.17, 15) is 4.79 Å². The monoisotopic (exact) mass is 379 g/mol. The molecule has 5 rings (SSSR count). The molecule has 0 saturated carbocycles. The standard InChI is InChI=1S/C21H21N3O4/c25-20(22-12-14-5-6-18-19(11-14)27-13-26-18)15-7-9-24(10-8-15)21-23-16-3-1-2-4-17(16)28-21/h1-6,11,15H,7-10,12-13H2,(H,22,25). The SMILES string of the molecule is O=C(NCc1ccc2c(c1)OCO2)C1CCN(c2nc3ccccc3o2)CC1. The molecule has 3 heterocycles. The van der Waals surface area contributed by atoms with E-state index in [1.807, 2.05) is 42.5 Å². The third kappa shape index (κ3) is 3.24. The van der Waals surface area contributed by atoms with Crippen LogP contribution in [0.15, 0.2) is 46.9 Å². The summed E-state index contributed by atoms with van der Waals surface area (Å²) in [6, 6.07) is 14.1. The zero-order valence-electron chi connectivity index (χ0n) is 15.4. The van der Waals surface area contributed by atoms with Gasteiger partial charge in [0.15, 0.2) is 17.1 Å². The number of amides is 1. The largest absolute Gasteiger partial charge is 0.454 e. The summed E-state index contributed by atoms with van der Waals surface area (Å²) in [5, 5.41) is 3.04. The van der Waals surface area contributed by atoms with Crippen molar-refractivity contribution in [2.24, 2.45) is 5.92 Å². The van der Waals surface area contributed by atoms with Gasteiger partial charge in [-0.3, -0.25) is 4.79 Å². The van der Waals surface area contributed by atoms with Gasteiger partial charge in [0.05, 0.1) is 0 Å². The second kappa shape index (κ2) is 7.07. The summed E-state index contributed by atoms with van der Waals surface area (Å²) in [5.74, 6) is 1.59. The Balaban J connectivity index is 1.15. The molecule has 1 saturated heterocycles. The first-order chi connectivity index (χ1) is 13.8.